The van der Waals surface area contributed by atoms with Gasteiger partial charge in [0.25, 0.3) is 0 Å². The molecule has 2 rings (SSSR count). The van der Waals surface area contributed by atoms with Crippen LogP contribution in [0.1, 0.15) is 37.4 Å². The molecule has 1 aromatic rings. The number of nitrogens with one attached hydrogen (secondary N) is 1. The third-order valence-corrected chi connectivity index (χ3v) is 3.93. The molecule has 4 nitrogen and oxygen atoms in total. The van der Waals surface area contributed by atoms with Crippen LogP contribution in [0.3, 0.4) is 0 Å². The molecule has 1 fully saturated rings. The van der Waals surface area contributed by atoms with Crippen molar-refractivity contribution in [2.75, 3.05) is 0 Å². The molecule has 0 spiro atoms. The Morgan fingerprint density at radius 3 is 2.42 bits per heavy atom. The largest absolute Gasteiger partial charge is 0.391 e. The van der Waals surface area contributed by atoms with Crippen LogP contribution in [0.4, 0.5) is 13.2 Å². The fourth-order valence-electron chi connectivity index (χ4n) is 2.84. The first-order valence-electron chi connectivity index (χ1n) is 6.42. The van der Waals surface area contributed by atoms with Crippen molar-refractivity contribution in [3.63, 3.8) is 0 Å². The third-order valence-electron chi connectivity index (χ3n) is 3.93. The van der Waals surface area contributed by atoms with Crippen molar-refractivity contribution in [3.05, 3.63) is 18.2 Å². The predicted octanol–water partition coefficient (Wildman–Crippen LogP) is 2.29. The van der Waals surface area contributed by atoms with E-state index in [1.165, 1.54) is 0 Å². The van der Waals surface area contributed by atoms with Crippen LogP contribution in [-0.4, -0.2) is 15.7 Å². The van der Waals surface area contributed by atoms with E-state index in [-0.39, 0.29) is 24.8 Å². The van der Waals surface area contributed by atoms with Crippen LogP contribution in [0.5, 0.6) is 0 Å². The smallest absolute Gasteiger partial charge is 0.340 e. The van der Waals surface area contributed by atoms with Crippen molar-refractivity contribution in [1.82, 2.24) is 15.0 Å². The third kappa shape index (κ3) is 3.27. The summed E-state index contributed by atoms with van der Waals surface area (Å²) in [5, 5.41) is 0. The van der Waals surface area contributed by atoms with Gasteiger partial charge in [-0.15, -0.1) is 0 Å². The number of aromatic nitrogens is 2. The van der Waals surface area contributed by atoms with Crippen molar-refractivity contribution in [2.24, 2.45) is 24.7 Å². The Labute approximate surface area is 110 Å². The minimum absolute atomic E-state index is 0.110. The van der Waals surface area contributed by atoms with Crippen LogP contribution >= 0.6 is 0 Å². The van der Waals surface area contributed by atoms with Gasteiger partial charge in [0, 0.05) is 13.2 Å². The van der Waals surface area contributed by atoms with Crippen molar-refractivity contribution in [2.45, 2.75) is 37.9 Å². The zero-order valence-corrected chi connectivity index (χ0v) is 10.8. The molecule has 1 unspecified atom stereocenters. The molecular weight excluding hydrogens is 257 g/mol. The summed E-state index contributed by atoms with van der Waals surface area (Å²) >= 11 is 0. The van der Waals surface area contributed by atoms with Gasteiger partial charge in [0.2, 0.25) is 0 Å². The normalized spacial score (nSPS) is 26.4. The quantitative estimate of drug-likeness (QED) is 0.658. The number of hydrogen-bond acceptors (Lipinski definition) is 3. The van der Waals surface area contributed by atoms with Gasteiger partial charge in [-0.1, -0.05) is 0 Å². The molecule has 1 aliphatic carbocycles. The summed E-state index contributed by atoms with van der Waals surface area (Å²) in [5.74, 6) is 4.49. The molecule has 0 aliphatic heterocycles. The average molecular weight is 276 g/mol. The van der Waals surface area contributed by atoms with Gasteiger partial charge in [0.05, 0.1) is 24.0 Å². The number of aryl methyl sites for hydroxylation is 1. The Balaban J connectivity index is 1.99. The van der Waals surface area contributed by atoms with E-state index >= 15 is 0 Å². The fraction of sp³-hybridized carbons (Fsp3) is 0.750. The molecule has 0 radical (unpaired) electrons. The number of nitrogens with two attached hydrogens (primary N) is 1. The minimum atomic E-state index is -4.07. The molecule has 0 bridgehead atoms. The highest BCUT2D eigenvalue weighted by Gasteiger charge is 2.42. The maximum atomic E-state index is 12.6. The predicted molar refractivity (Wildman–Crippen MR) is 64.8 cm³/mol. The summed E-state index contributed by atoms with van der Waals surface area (Å²) in [6, 6.07) is -0.171. The van der Waals surface area contributed by atoms with Crippen LogP contribution in [0.2, 0.25) is 0 Å². The Kier molecular flexibility index (Phi) is 4.15. The molecule has 108 valence electrons. The van der Waals surface area contributed by atoms with Gasteiger partial charge in [-0.3, -0.25) is 11.3 Å². The lowest BCUT2D eigenvalue weighted by Gasteiger charge is -2.33. The first-order valence-corrected chi connectivity index (χ1v) is 6.42. The molecule has 0 amide bonds. The summed E-state index contributed by atoms with van der Waals surface area (Å²) < 4.78 is 39.7. The van der Waals surface area contributed by atoms with Gasteiger partial charge < -0.3 is 4.57 Å². The van der Waals surface area contributed by atoms with E-state index in [0.29, 0.717) is 12.8 Å². The van der Waals surface area contributed by atoms with Crippen LogP contribution in [-0.2, 0) is 7.05 Å². The molecule has 1 atom stereocenters. The fourth-order valence-corrected chi connectivity index (χ4v) is 2.84. The summed E-state index contributed by atoms with van der Waals surface area (Å²) in [4.78, 5) is 4.23. The molecule has 1 saturated carbocycles. The summed E-state index contributed by atoms with van der Waals surface area (Å²) in [6.45, 7) is 0. The van der Waals surface area contributed by atoms with Gasteiger partial charge in [-0.25, -0.2) is 4.98 Å². The summed E-state index contributed by atoms with van der Waals surface area (Å²) in [5.41, 5.74) is 3.49. The van der Waals surface area contributed by atoms with Crippen LogP contribution < -0.4 is 11.3 Å². The minimum Gasteiger partial charge on any atom is -0.340 e. The lowest BCUT2D eigenvalue weighted by Crippen LogP contribution is -2.37. The van der Waals surface area contributed by atoms with Gasteiger partial charge in [0.1, 0.15) is 0 Å². The first-order chi connectivity index (χ1) is 8.91. The second-order valence-corrected chi connectivity index (χ2v) is 5.26. The standard InChI is InChI=1S/C12H19F3N4/c1-19-6-10(17-7-19)11(18-16)8-2-4-9(5-3-8)12(13,14)15/h6-9,11,18H,2-5,16H2,1H3. The second kappa shape index (κ2) is 5.50. The number of nitrogens with zero attached hydrogens (tertiary/aromatic N) is 2. The number of imidazole rings is 1. The summed E-state index contributed by atoms with van der Waals surface area (Å²) in [6.07, 6.45) is 0.854. The Bertz CT molecular complexity index is 407. The van der Waals surface area contributed by atoms with Crippen molar-refractivity contribution in [1.29, 1.82) is 0 Å². The van der Waals surface area contributed by atoms with Gasteiger partial charge in [0.15, 0.2) is 0 Å². The molecule has 1 aromatic heterocycles. The summed E-state index contributed by atoms with van der Waals surface area (Å²) in [7, 11) is 1.85. The van der Waals surface area contributed by atoms with E-state index < -0.39 is 12.1 Å². The van der Waals surface area contributed by atoms with Gasteiger partial charge in [-0.2, -0.15) is 13.2 Å². The van der Waals surface area contributed by atoms with Crippen molar-refractivity contribution >= 4 is 0 Å². The Hall–Kier alpha value is -1.08. The number of alkyl halides is 3. The zero-order chi connectivity index (χ0) is 14.0. The molecular formula is C12H19F3N4. The average Bonchev–Trinajstić information content (AvgIpc) is 2.76. The van der Waals surface area contributed by atoms with Crippen molar-refractivity contribution in [3.8, 4) is 0 Å². The lowest BCUT2D eigenvalue weighted by atomic mass is 9.77. The Morgan fingerprint density at radius 2 is 2.00 bits per heavy atom. The highest BCUT2D eigenvalue weighted by atomic mass is 19.4. The van der Waals surface area contributed by atoms with Crippen LogP contribution in [0.15, 0.2) is 12.5 Å². The number of hydrazine groups is 1. The van der Waals surface area contributed by atoms with Crippen LogP contribution in [0.25, 0.3) is 0 Å². The number of halogens is 3. The number of hydrogen-bond donors (Lipinski definition) is 2. The topological polar surface area (TPSA) is 55.9 Å². The molecule has 3 N–H and O–H groups in total. The lowest BCUT2D eigenvalue weighted by molar-refractivity contribution is -0.184. The van der Waals surface area contributed by atoms with Crippen molar-refractivity contribution < 1.29 is 13.2 Å². The maximum absolute atomic E-state index is 12.6. The molecule has 1 aliphatic rings. The molecule has 19 heavy (non-hydrogen) atoms. The van der Waals surface area contributed by atoms with E-state index in [9.17, 15) is 13.2 Å². The van der Waals surface area contributed by atoms with Gasteiger partial charge in [-0.05, 0) is 31.6 Å². The Morgan fingerprint density at radius 1 is 1.37 bits per heavy atom. The number of rotatable bonds is 3. The van der Waals surface area contributed by atoms with E-state index in [0.717, 1.165) is 5.69 Å². The zero-order valence-electron chi connectivity index (χ0n) is 10.8. The molecule has 0 aromatic carbocycles. The maximum Gasteiger partial charge on any atom is 0.391 e. The molecule has 1 heterocycles. The van der Waals surface area contributed by atoms with E-state index in [4.69, 9.17) is 5.84 Å². The first kappa shape index (κ1) is 14.3. The SMILES string of the molecule is Cn1cnc(C(NN)C2CCC(C(F)(F)F)CC2)c1. The molecule has 7 heteroatoms. The van der Waals surface area contributed by atoms with E-state index in [1.807, 2.05) is 13.2 Å². The van der Waals surface area contributed by atoms with Gasteiger partial charge >= 0.3 is 6.18 Å². The van der Waals surface area contributed by atoms with Crippen LogP contribution in [0, 0.1) is 11.8 Å². The van der Waals surface area contributed by atoms with E-state index in [2.05, 4.69) is 10.4 Å². The second-order valence-electron chi connectivity index (χ2n) is 5.26. The monoisotopic (exact) mass is 276 g/mol. The van der Waals surface area contributed by atoms with E-state index in [1.54, 1.807) is 10.9 Å². The highest BCUT2D eigenvalue weighted by Crippen LogP contribution is 2.42. The highest BCUT2D eigenvalue weighted by molar-refractivity contribution is 5.05. The molecule has 0 saturated heterocycles.